The summed E-state index contributed by atoms with van der Waals surface area (Å²) in [4.78, 5) is 29.2. The Hall–Kier alpha value is -3.17. The summed E-state index contributed by atoms with van der Waals surface area (Å²) in [5.41, 5.74) is 4.34. The van der Waals surface area contributed by atoms with E-state index < -0.39 is 16.1 Å². The van der Waals surface area contributed by atoms with Crippen LogP contribution in [0.1, 0.15) is 48.9 Å². The van der Waals surface area contributed by atoms with Crippen LogP contribution >= 0.6 is 15.9 Å². The molecule has 0 saturated carbocycles. The van der Waals surface area contributed by atoms with Crippen LogP contribution < -0.4 is 9.62 Å². The molecule has 0 aromatic heterocycles. The van der Waals surface area contributed by atoms with Gasteiger partial charge in [0, 0.05) is 36.9 Å². The van der Waals surface area contributed by atoms with Gasteiger partial charge in [0.25, 0.3) is 0 Å². The molecule has 0 unspecified atom stereocenters. The van der Waals surface area contributed by atoms with Crippen molar-refractivity contribution in [2.45, 2.75) is 59.5 Å². The van der Waals surface area contributed by atoms with E-state index in [0.717, 1.165) is 26.7 Å². The van der Waals surface area contributed by atoms with Crippen molar-refractivity contribution in [1.29, 1.82) is 0 Å². The average molecular weight is 657 g/mol. The summed E-state index contributed by atoms with van der Waals surface area (Å²) in [6.07, 6.45) is 1.95. The molecule has 0 heterocycles. The lowest BCUT2D eigenvalue weighted by molar-refractivity contribution is -0.141. The van der Waals surface area contributed by atoms with Gasteiger partial charge in [-0.3, -0.25) is 13.9 Å². The molecule has 0 saturated heterocycles. The molecule has 0 spiro atoms. The van der Waals surface area contributed by atoms with E-state index in [4.69, 9.17) is 0 Å². The minimum absolute atomic E-state index is 0.0909. The summed E-state index contributed by atoms with van der Waals surface area (Å²) in [7, 11) is -3.58. The number of sulfonamides is 1. The van der Waals surface area contributed by atoms with E-state index >= 15 is 0 Å². The molecule has 0 aliphatic heterocycles. The number of nitrogens with one attached hydrogen (secondary N) is 1. The van der Waals surface area contributed by atoms with Crippen molar-refractivity contribution in [3.05, 3.63) is 99.5 Å². The summed E-state index contributed by atoms with van der Waals surface area (Å²) in [6.45, 7) is 8.81. The number of amides is 2. The lowest BCUT2D eigenvalue weighted by atomic mass is 10.0. The van der Waals surface area contributed by atoms with Gasteiger partial charge in [0.05, 0.1) is 11.9 Å². The Labute approximate surface area is 259 Å². The normalized spacial score (nSPS) is 12.2. The van der Waals surface area contributed by atoms with Gasteiger partial charge >= 0.3 is 0 Å². The van der Waals surface area contributed by atoms with Crippen molar-refractivity contribution in [1.82, 2.24) is 10.2 Å². The van der Waals surface area contributed by atoms with E-state index in [9.17, 15) is 18.0 Å². The zero-order valence-corrected chi connectivity index (χ0v) is 27.5. The predicted molar refractivity (Wildman–Crippen MR) is 174 cm³/mol. The number of carbonyl (C=O) groups excluding carboxylic acids is 2. The zero-order valence-electron chi connectivity index (χ0n) is 25.1. The highest BCUT2D eigenvalue weighted by Gasteiger charge is 2.30. The molecule has 0 fully saturated rings. The van der Waals surface area contributed by atoms with Crippen molar-refractivity contribution in [2.24, 2.45) is 5.92 Å². The SMILES string of the molecule is Cc1cccc(N(CCCC(=O)N(Cc2cccc(Br)c2)[C@H](Cc2ccccc2)C(=O)NCC(C)C)S(C)(=O)=O)c1C. The number of halogens is 1. The zero-order chi connectivity index (χ0) is 30.9. The number of nitrogens with zero attached hydrogens (tertiary/aromatic N) is 2. The first kappa shape index (κ1) is 33.3. The second-order valence-corrected chi connectivity index (χ2v) is 14.0. The van der Waals surface area contributed by atoms with E-state index in [0.29, 0.717) is 25.1 Å². The van der Waals surface area contributed by atoms with Crippen molar-refractivity contribution in [3.63, 3.8) is 0 Å². The number of aryl methyl sites for hydroxylation is 1. The Balaban J connectivity index is 1.90. The van der Waals surface area contributed by atoms with Crippen LogP contribution in [0.25, 0.3) is 0 Å². The molecule has 226 valence electrons. The topological polar surface area (TPSA) is 86.8 Å². The van der Waals surface area contributed by atoms with Crippen molar-refractivity contribution in [2.75, 3.05) is 23.7 Å². The standard InChI is InChI=1S/C33H42BrN3O4S/c1-24(2)22-35-33(39)31(21-27-13-7-6-8-14-27)36(23-28-15-10-16-29(34)20-28)32(38)18-11-19-37(42(5,40)41)30-17-9-12-25(3)26(30)4/h6-10,12-17,20,24,31H,11,18-19,21-23H2,1-5H3,(H,35,39)/t31-/m1/s1. The molecule has 42 heavy (non-hydrogen) atoms. The average Bonchev–Trinajstić information content (AvgIpc) is 2.93. The number of rotatable bonds is 14. The molecule has 3 aromatic carbocycles. The number of hydrogen-bond acceptors (Lipinski definition) is 4. The summed E-state index contributed by atoms with van der Waals surface area (Å²) in [6, 6.07) is 22.2. The maximum absolute atomic E-state index is 14.0. The second kappa shape index (κ2) is 15.3. The van der Waals surface area contributed by atoms with Crippen LogP contribution in [0, 0.1) is 19.8 Å². The van der Waals surface area contributed by atoms with Crippen molar-refractivity contribution >= 4 is 43.5 Å². The highest BCUT2D eigenvalue weighted by molar-refractivity contribution is 9.10. The molecule has 0 aliphatic rings. The van der Waals surface area contributed by atoms with Gasteiger partial charge < -0.3 is 10.2 Å². The maximum atomic E-state index is 14.0. The highest BCUT2D eigenvalue weighted by atomic mass is 79.9. The molecule has 0 aliphatic carbocycles. The predicted octanol–water partition coefficient (Wildman–Crippen LogP) is 6.02. The van der Waals surface area contributed by atoms with Gasteiger partial charge in [-0.1, -0.05) is 84.4 Å². The van der Waals surface area contributed by atoms with Crippen molar-refractivity contribution < 1.29 is 18.0 Å². The Morgan fingerprint density at radius 3 is 2.24 bits per heavy atom. The first-order valence-electron chi connectivity index (χ1n) is 14.3. The van der Waals surface area contributed by atoms with Crippen LogP contribution in [0.4, 0.5) is 5.69 Å². The Morgan fingerprint density at radius 2 is 1.60 bits per heavy atom. The molecule has 7 nitrogen and oxygen atoms in total. The highest BCUT2D eigenvalue weighted by Crippen LogP contribution is 2.26. The number of benzene rings is 3. The largest absolute Gasteiger partial charge is 0.354 e. The molecule has 3 rings (SSSR count). The molecule has 0 radical (unpaired) electrons. The molecule has 0 bridgehead atoms. The Morgan fingerprint density at radius 1 is 0.929 bits per heavy atom. The van der Waals surface area contributed by atoms with Crippen molar-refractivity contribution in [3.8, 4) is 0 Å². The fourth-order valence-corrected chi connectivity index (χ4v) is 6.26. The van der Waals surface area contributed by atoms with E-state index in [1.807, 2.05) is 94.4 Å². The third kappa shape index (κ3) is 9.70. The molecule has 2 amide bonds. The minimum atomic E-state index is -3.58. The minimum Gasteiger partial charge on any atom is -0.354 e. The third-order valence-electron chi connectivity index (χ3n) is 7.19. The number of carbonyl (C=O) groups is 2. The van der Waals surface area contributed by atoms with Gasteiger partial charge in [0.1, 0.15) is 6.04 Å². The van der Waals surface area contributed by atoms with Crippen LogP contribution in [0.15, 0.2) is 77.3 Å². The van der Waals surface area contributed by atoms with E-state index in [1.54, 1.807) is 11.0 Å². The van der Waals surface area contributed by atoms with E-state index in [-0.39, 0.29) is 37.2 Å². The van der Waals surface area contributed by atoms with Crippen LogP contribution in [-0.4, -0.2) is 50.5 Å². The molecule has 1 atom stereocenters. The monoisotopic (exact) mass is 655 g/mol. The van der Waals surface area contributed by atoms with Gasteiger partial charge in [0.2, 0.25) is 21.8 Å². The van der Waals surface area contributed by atoms with Crippen LogP contribution in [-0.2, 0) is 32.6 Å². The van der Waals surface area contributed by atoms with Gasteiger partial charge in [-0.2, -0.15) is 0 Å². The lowest BCUT2D eigenvalue weighted by Crippen LogP contribution is -2.51. The Kier molecular flexibility index (Phi) is 12.2. The third-order valence-corrected chi connectivity index (χ3v) is 8.87. The fourth-order valence-electron chi connectivity index (χ4n) is 4.80. The molecule has 3 aromatic rings. The van der Waals surface area contributed by atoms with Gasteiger partial charge in [-0.25, -0.2) is 8.42 Å². The fraction of sp³-hybridized carbons (Fsp3) is 0.394. The molecule has 1 N–H and O–H groups in total. The molecule has 9 heteroatoms. The Bertz CT molecular complexity index is 1460. The molecular weight excluding hydrogens is 614 g/mol. The molecular formula is C33H42BrN3O4S. The summed E-state index contributed by atoms with van der Waals surface area (Å²) in [5, 5.41) is 3.03. The van der Waals surface area contributed by atoms with E-state index in [1.165, 1.54) is 10.6 Å². The number of anilines is 1. The quantitative estimate of drug-likeness (QED) is 0.230. The second-order valence-electron chi connectivity index (χ2n) is 11.2. The van der Waals surface area contributed by atoms with Gasteiger partial charge in [-0.15, -0.1) is 0 Å². The van der Waals surface area contributed by atoms with Crippen LogP contribution in [0.5, 0.6) is 0 Å². The van der Waals surface area contributed by atoms with Crippen LogP contribution in [0.2, 0.25) is 0 Å². The van der Waals surface area contributed by atoms with Gasteiger partial charge in [-0.05, 0) is 66.6 Å². The lowest BCUT2D eigenvalue weighted by Gasteiger charge is -2.32. The van der Waals surface area contributed by atoms with E-state index in [2.05, 4.69) is 21.2 Å². The first-order chi connectivity index (χ1) is 19.9. The van der Waals surface area contributed by atoms with Crippen LogP contribution in [0.3, 0.4) is 0 Å². The summed E-state index contributed by atoms with van der Waals surface area (Å²) in [5.74, 6) is -0.151. The summed E-state index contributed by atoms with van der Waals surface area (Å²) < 4.78 is 27.8. The summed E-state index contributed by atoms with van der Waals surface area (Å²) >= 11 is 3.51. The maximum Gasteiger partial charge on any atom is 0.243 e. The smallest absolute Gasteiger partial charge is 0.243 e. The number of hydrogen-bond donors (Lipinski definition) is 1. The van der Waals surface area contributed by atoms with Gasteiger partial charge in [0.15, 0.2) is 0 Å². The first-order valence-corrected chi connectivity index (χ1v) is 16.9.